The van der Waals surface area contributed by atoms with E-state index < -0.39 is 0 Å². The second-order valence-electron chi connectivity index (χ2n) is 5.73. The minimum absolute atomic E-state index is 0.239. The lowest BCUT2D eigenvalue weighted by Gasteiger charge is -2.16. The van der Waals surface area contributed by atoms with Crippen molar-refractivity contribution >= 4 is 33.4 Å². The summed E-state index contributed by atoms with van der Waals surface area (Å²) in [6.07, 6.45) is 1.56. The second-order valence-corrected chi connectivity index (χ2v) is 7.06. The molecule has 0 atom stereocenters. The van der Waals surface area contributed by atoms with Crippen LogP contribution in [-0.4, -0.2) is 27.6 Å². The lowest BCUT2D eigenvalue weighted by Crippen LogP contribution is -2.27. The zero-order chi connectivity index (χ0) is 18.7. The number of aromatic nitrogens is 2. The van der Waals surface area contributed by atoms with Gasteiger partial charge in [0, 0.05) is 18.6 Å². The summed E-state index contributed by atoms with van der Waals surface area (Å²) < 4.78 is 13.9. The average molecular weight is 439 g/mol. The molecule has 0 fully saturated rings. The number of furan rings is 1. The molecule has 1 amide bonds. The maximum atomic E-state index is 12.5. The highest BCUT2D eigenvalue weighted by atomic mass is 79.9. The number of rotatable bonds is 6. The Labute approximate surface area is 164 Å². The number of hydrogen-bond acceptors (Lipinski definition) is 4. The summed E-state index contributed by atoms with van der Waals surface area (Å²) in [6.45, 7) is 0.575. The topological polar surface area (TPSA) is 60.5 Å². The fraction of sp³-hybridized carbons (Fsp3) is 0.222. The fourth-order valence-corrected chi connectivity index (χ4v) is 2.84. The molecule has 6 nitrogen and oxygen atoms in total. The molecule has 2 heterocycles. The van der Waals surface area contributed by atoms with Crippen LogP contribution in [0.3, 0.4) is 0 Å². The molecule has 0 spiro atoms. The summed E-state index contributed by atoms with van der Waals surface area (Å²) in [5.74, 6) is 1.31. The van der Waals surface area contributed by atoms with E-state index in [0.717, 1.165) is 15.9 Å². The Morgan fingerprint density at radius 3 is 2.69 bits per heavy atom. The Morgan fingerprint density at radius 1 is 1.31 bits per heavy atom. The van der Waals surface area contributed by atoms with Gasteiger partial charge in [-0.1, -0.05) is 27.5 Å². The first kappa shape index (κ1) is 18.5. The van der Waals surface area contributed by atoms with E-state index in [0.29, 0.717) is 17.3 Å². The van der Waals surface area contributed by atoms with Crippen molar-refractivity contribution in [2.45, 2.75) is 13.2 Å². The first-order valence-corrected chi connectivity index (χ1v) is 9.00. The van der Waals surface area contributed by atoms with E-state index in [1.807, 2.05) is 24.3 Å². The molecular weight excluding hydrogens is 422 g/mol. The molecule has 1 aromatic carbocycles. The molecule has 2 aromatic heterocycles. The number of ether oxygens (including phenoxy) is 1. The number of benzene rings is 1. The van der Waals surface area contributed by atoms with Crippen LogP contribution in [0.25, 0.3) is 0 Å². The first-order valence-electron chi connectivity index (χ1n) is 7.83. The van der Waals surface area contributed by atoms with Gasteiger partial charge in [0.2, 0.25) is 0 Å². The number of hydrogen-bond donors (Lipinski definition) is 0. The molecule has 0 aliphatic heterocycles. The summed E-state index contributed by atoms with van der Waals surface area (Å²) in [5.41, 5.74) is 0.757. The summed E-state index contributed by atoms with van der Waals surface area (Å²) in [4.78, 5) is 14.1. The molecule has 3 rings (SSSR count). The Hall–Kier alpha value is -2.25. The molecule has 3 aromatic rings. The molecule has 0 N–H and O–H groups in total. The molecular formula is C18H17BrClN3O3. The third-order valence-corrected chi connectivity index (χ3v) is 4.66. The van der Waals surface area contributed by atoms with Crippen molar-refractivity contribution in [1.29, 1.82) is 0 Å². The minimum Gasteiger partial charge on any atom is -0.486 e. The van der Waals surface area contributed by atoms with Crippen molar-refractivity contribution in [2.24, 2.45) is 7.05 Å². The summed E-state index contributed by atoms with van der Waals surface area (Å²) in [5, 5.41) is 4.59. The predicted octanol–water partition coefficient (Wildman–Crippen LogP) is 4.28. The van der Waals surface area contributed by atoms with E-state index in [9.17, 15) is 4.79 Å². The van der Waals surface area contributed by atoms with Crippen molar-refractivity contribution < 1.29 is 13.9 Å². The zero-order valence-electron chi connectivity index (χ0n) is 14.3. The van der Waals surface area contributed by atoms with Crippen molar-refractivity contribution in [3.63, 3.8) is 0 Å². The maximum Gasteiger partial charge on any atom is 0.289 e. The third kappa shape index (κ3) is 4.28. The van der Waals surface area contributed by atoms with Gasteiger partial charge in [-0.3, -0.25) is 9.48 Å². The van der Waals surface area contributed by atoms with Gasteiger partial charge >= 0.3 is 0 Å². The van der Waals surface area contributed by atoms with Gasteiger partial charge in [-0.2, -0.15) is 5.10 Å². The highest BCUT2D eigenvalue weighted by Crippen LogP contribution is 2.20. The number of carbonyl (C=O) groups is 1. The second kappa shape index (κ2) is 7.97. The Balaban J connectivity index is 1.61. The van der Waals surface area contributed by atoms with Gasteiger partial charge in [-0.05, 0) is 36.4 Å². The van der Waals surface area contributed by atoms with Gasteiger partial charge in [-0.15, -0.1) is 0 Å². The number of aryl methyl sites for hydroxylation is 1. The zero-order valence-corrected chi connectivity index (χ0v) is 16.6. The number of amides is 1. The van der Waals surface area contributed by atoms with Crippen LogP contribution < -0.4 is 4.74 Å². The van der Waals surface area contributed by atoms with Crippen LogP contribution in [0.4, 0.5) is 0 Å². The minimum atomic E-state index is -0.239. The molecule has 26 heavy (non-hydrogen) atoms. The van der Waals surface area contributed by atoms with Crippen molar-refractivity contribution in [3.8, 4) is 5.75 Å². The summed E-state index contributed by atoms with van der Waals surface area (Å²) in [6, 6.07) is 10.9. The van der Waals surface area contributed by atoms with E-state index in [1.165, 1.54) is 4.90 Å². The van der Waals surface area contributed by atoms with Crippen molar-refractivity contribution in [2.75, 3.05) is 7.05 Å². The molecule has 136 valence electrons. The molecule has 0 unspecified atom stereocenters. The van der Waals surface area contributed by atoms with Gasteiger partial charge in [0.1, 0.15) is 18.1 Å². The van der Waals surface area contributed by atoms with Crippen LogP contribution in [0.2, 0.25) is 5.02 Å². The van der Waals surface area contributed by atoms with Crippen molar-refractivity contribution in [1.82, 2.24) is 14.7 Å². The fourth-order valence-electron chi connectivity index (χ4n) is 2.35. The molecule has 0 aliphatic carbocycles. The molecule has 8 heteroatoms. The van der Waals surface area contributed by atoms with Crippen LogP contribution in [0.1, 0.15) is 22.0 Å². The standard InChI is InChI=1S/C18H17BrClN3O3/c1-22(10-16-15(20)9-21-23(16)2)18(24)17-8-7-14(26-17)11-25-13-5-3-12(19)4-6-13/h3-9H,10-11H2,1-2H3. The monoisotopic (exact) mass is 437 g/mol. The third-order valence-electron chi connectivity index (χ3n) is 3.81. The Morgan fingerprint density at radius 2 is 2.04 bits per heavy atom. The lowest BCUT2D eigenvalue weighted by molar-refractivity contribution is 0.0746. The number of halogens is 2. The van der Waals surface area contributed by atoms with Crippen molar-refractivity contribution in [3.05, 3.63) is 69.3 Å². The maximum absolute atomic E-state index is 12.5. The first-order chi connectivity index (χ1) is 12.4. The smallest absolute Gasteiger partial charge is 0.289 e. The van der Waals surface area contributed by atoms with Gasteiger partial charge in [0.15, 0.2) is 5.76 Å². The number of nitrogens with zero attached hydrogens (tertiary/aromatic N) is 3. The average Bonchev–Trinajstić information content (AvgIpc) is 3.22. The van der Waals surface area contributed by atoms with Crippen LogP contribution in [0, 0.1) is 0 Å². The van der Waals surface area contributed by atoms with Gasteiger partial charge in [0.25, 0.3) is 5.91 Å². The number of carbonyl (C=O) groups excluding carboxylic acids is 1. The van der Waals surface area contributed by atoms with Crippen LogP contribution in [0.5, 0.6) is 5.75 Å². The molecule has 0 saturated carbocycles. The van der Waals surface area contributed by atoms with E-state index in [2.05, 4.69) is 21.0 Å². The highest BCUT2D eigenvalue weighted by molar-refractivity contribution is 9.10. The van der Waals surface area contributed by atoms with Gasteiger partial charge in [0.05, 0.1) is 23.5 Å². The Bertz CT molecular complexity index is 885. The quantitative estimate of drug-likeness (QED) is 0.576. The van der Waals surface area contributed by atoms with Crippen LogP contribution in [0.15, 0.2) is 51.5 Å². The normalized spacial score (nSPS) is 10.8. The molecule has 0 aliphatic rings. The van der Waals surface area contributed by atoms with Gasteiger partial charge in [-0.25, -0.2) is 0 Å². The lowest BCUT2D eigenvalue weighted by atomic mass is 10.3. The van der Waals surface area contributed by atoms with Crippen LogP contribution >= 0.6 is 27.5 Å². The van der Waals surface area contributed by atoms with E-state index in [4.69, 9.17) is 20.8 Å². The molecule has 0 saturated heterocycles. The molecule has 0 bridgehead atoms. The van der Waals surface area contributed by atoms with Gasteiger partial charge < -0.3 is 14.1 Å². The van der Waals surface area contributed by atoms with E-state index in [-0.39, 0.29) is 18.3 Å². The summed E-state index contributed by atoms with van der Waals surface area (Å²) in [7, 11) is 3.47. The predicted molar refractivity (Wildman–Crippen MR) is 101 cm³/mol. The SMILES string of the molecule is CN(Cc1c(Cl)cnn1C)C(=O)c1ccc(COc2ccc(Br)cc2)o1. The van der Waals surface area contributed by atoms with E-state index >= 15 is 0 Å². The molecule has 0 radical (unpaired) electrons. The largest absolute Gasteiger partial charge is 0.486 e. The Kier molecular flexibility index (Phi) is 5.68. The summed E-state index contributed by atoms with van der Waals surface area (Å²) >= 11 is 9.46. The van der Waals surface area contributed by atoms with Crippen LogP contribution in [-0.2, 0) is 20.2 Å². The van der Waals surface area contributed by atoms with E-state index in [1.54, 1.807) is 37.1 Å². The highest BCUT2D eigenvalue weighted by Gasteiger charge is 2.19.